The first-order valence-electron chi connectivity index (χ1n) is 6.97. The summed E-state index contributed by atoms with van der Waals surface area (Å²) in [5, 5.41) is 0. The Hall–Kier alpha value is -2.15. The minimum absolute atomic E-state index is 0.0877. The van der Waals surface area contributed by atoms with Gasteiger partial charge in [-0.15, -0.1) is 6.58 Å². The topological polar surface area (TPSA) is 17.1 Å². The Morgan fingerprint density at radius 2 is 1.55 bits per heavy atom. The van der Waals surface area contributed by atoms with Gasteiger partial charge in [0.2, 0.25) is 0 Å². The number of Topliss-reactive ketones (excluding diaryl/α,β-unsaturated/α-hetero) is 1. The lowest BCUT2D eigenvalue weighted by Crippen LogP contribution is -2.13. The Balaban J connectivity index is 2.27. The van der Waals surface area contributed by atoms with Gasteiger partial charge in [-0.3, -0.25) is 4.79 Å². The maximum atomic E-state index is 12.7. The van der Waals surface area contributed by atoms with Crippen molar-refractivity contribution in [2.45, 2.75) is 25.7 Å². The van der Waals surface area contributed by atoms with E-state index in [4.69, 9.17) is 0 Å². The zero-order chi connectivity index (χ0) is 14.4. The lowest BCUT2D eigenvalue weighted by molar-refractivity contribution is 0.0955. The maximum absolute atomic E-state index is 12.7. The van der Waals surface area contributed by atoms with E-state index in [1.165, 1.54) is 0 Å². The Kier molecular flexibility index (Phi) is 4.89. The van der Waals surface area contributed by atoms with Crippen molar-refractivity contribution in [1.29, 1.82) is 0 Å². The molecule has 0 spiro atoms. The Morgan fingerprint density at radius 3 is 2.10 bits per heavy atom. The molecule has 0 aliphatic carbocycles. The van der Waals surface area contributed by atoms with Crippen molar-refractivity contribution in [2.24, 2.45) is 0 Å². The van der Waals surface area contributed by atoms with Crippen molar-refractivity contribution < 1.29 is 4.79 Å². The molecule has 0 aliphatic rings. The summed E-state index contributed by atoms with van der Waals surface area (Å²) in [6.07, 6.45) is 1.69. The van der Waals surface area contributed by atoms with E-state index in [2.05, 4.69) is 6.58 Å². The van der Waals surface area contributed by atoms with Crippen molar-refractivity contribution in [1.82, 2.24) is 0 Å². The molecule has 0 saturated carbocycles. The molecular formula is C19H20O. The van der Waals surface area contributed by atoms with E-state index >= 15 is 0 Å². The maximum Gasteiger partial charge on any atom is 0.170 e. The van der Waals surface area contributed by atoms with E-state index in [-0.39, 0.29) is 11.7 Å². The average Bonchev–Trinajstić information content (AvgIpc) is 2.49. The summed E-state index contributed by atoms with van der Waals surface area (Å²) in [5.41, 5.74) is 2.98. The molecule has 1 atom stereocenters. The molecule has 2 aromatic carbocycles. The minimum atomic E-state index is -0.0877. The summed E-state index contributed by atoms with van der Waals surface area (Å²) in [6, 6.07) is 19.5. The third-order valence-corrected chi connectivity index (χ3v) is 3.44. The van der Waals surface area contributed by atoms with Crippen molar-refractivity contribution in [2.75, 3.05) is 0 Å². The van der Waals surface area contributed by atoms with E-state index in [9.17, 15) is 4.79 Å². The minimum Gasteiger partial charge on any atom is -0.293 e. The summed E-state index contributed by atoms with van der Waals surface area (Å²) in [6.45, 7) is 5.95. The highest BCUT2D eigenvalue weighted by Gasteiger charge is 2.21. The van der Waals surface area contributed by atoms with Crippen LogP contribution in [0.2, 0.25) is 0 Å². The summed E-state index contributed by atoms with van der Waals surface area (Å²) in [7, 11) is 0. The van der Waals surface area contributed by atoms with E-state index in [0.29, 0.717) is 0 Å². The predicted molar refractivity (Wildman–Crippen MR) is 84.0 cm³/mol. The molecule has 0 N–H and O–H groups in total. The number of carbonyl (C=O) groups is 1. The number of hydrogen-bond acceptors (Lipinski definition) is 1. The largest absolute Gasteiger partial charge is 0.293 e. The molecule has 0 heterocycles. The molecule has 2 aromatic rings. The van der Waals surface area contributed by atoms with Crippen molar-refractivity contribution in [3.8, 4) is 0 Å². The third kappa shape index (κ3) is 3.67. The van der Waals surface area contributed by atoms with Gasteiger partial charge in [-0.2, -0.15) is 0 Å². The lowest BCUT2D eigenvalue weighted by Gasteiger charge is -2.16. The molecule has 0 radical (unpaired) electrons. The fraction of sp³-hybridized carbons (Fsp3) is 0.211. The summed E-state index contributed by atoms with van der Waals surface area (Å²) in [4.78, 5) is 12.7. The van der Waals surface area contributed by atoms with Gasteiger partial charge >= 0.3 is 0 Å². The molecule has 1 nitrogen and oxygen atoms in total. The Labute approximate surface area is 121 Å². The quantitative estimate of drug-likeness (QED) is 0.529. The van der Waals surface area contributed by atoms with Crippen LogP contribution in [0.5, 0.6) is 0 Å². The second kappa shape index (κ2) is 6.85. The van der Waals surface area contributed by atoms with Gasteiger partial charge < -0.3 is 0 Å². The van der Waals surface area contributed by atoms with Crippen LogP contribution in [0.1, 0.15) is 41.6 Å². The van der Waals surface area contributed by atoms with Gasteiger partial charge in [0.1, 0.15) is 0 Å². The Morgan fingerprint density at radius 1 is 1.00 bits per heavy atom. The van der Waals surface area contributed by atoms with Crippen LogP contribution in [-0.4, -0.2) is 5.78 Å². The fourth-order valence-electron chi connectivity index (χ4n) is 2.33. The zero-order valence-corrected chi connectivity index (χ0v) is 11.9. The second-order valence-electron chi connectivity index (χ2n) is 5.19. The molecule has 0 bridgehead atoms. The molecular weight excluding hydrogens is 244 g/mol. The van der Waals surface area contributed by atoms with Gasteiger partial charge in [-0.05, 0) is 25.3 Å². The molecule has 0 fully saturated rings. The number of rotatable bonds is 6. The highest BCUT2D eigenvalue weighted by molar-refractivity contribution is 6.00. The number of hydrogen-bond donors (Lipinski definition) is 0. The van der Waals surface area contributed by atoms with E-state index in [1.54, 1.807) is 0 Å². The fourth-order valence-corrected chi connectivity index (χ4v) is 2.33. The highest BCUT2D eigenvalue weighted by Crippen LogP contribution is 2.27. The van der Waals surface area contributed by atoms with Crippen molar-refractivity contribution >= 4 is 5.78 Å². The number of ketones is 1. The van der Waals surface area contributed by atoms with Crippen molar-refractivity contribution in [3.63, 3.8) is 0 Å². The summed E-state index contributed by atoms with van der Waals surface area (Å²) >= 11 is 0. The zero-order valence-electron chi connectivity index (χ0n) is 11.9. The van der Waals surface area contributed by atoms with E-state index < -0.39 is 0 Å². The molecule has 0 amide bonds. The van der Waals surface area contributed by atoms with Gasteiger partial charge in [0.25, 0.3) is 0 Å². The van der Waals surface area contributed by atoms with Crippen LogP contribution in [0, 0.1) is 0 Å². The van der Waals surface area contributed by atoms with Gasteiger partial charge in [0, 0.05) is 11.5 Å². The molecule has 1 unspecified atom stereocenters. The van der Waals surface area contributed by atoms with Crippen LogP contribution in [-0.2, 0) is 0 Å². The van der Waals surface area contributed by atoms with Gasteiger partial charge in [0.15, 0.2) is 5.78 Å². The lowest BCUT2D eigenvalue weighted by atomic mass is 9.86. The van der Waals surface area contributed by atoms with Crippen LogP contribution < -0.4 is 0 Å². The molecule has 0 aliphatic heterocycles. The SMILES string of the molecule is C=C(C)CCC(C(=O)c1ccccc1)c1ccccc1. The third-order valence-electron chi connectivity index (χ3n) is 3.44. The normalized spacial score (nSPS) is 11.8. The molecule has 0 saturated heterocycles. The van der Waals surface area contributed by atoms with Crippen LogP contribution in [0.25, 0.3) is 0 Å². The van der Waals surface area contributed by atoms with E-state index in [0.717, 1.165) is 29.5 Å². The molecule has 2 rings (SSSR count). The molecule has 102 valence electrons. The average molecular weight is 264 g/mol. The first-order valence-corrected chi connectivity index (χ1v) is 6.97. The van der Waals surface area contributed by atoms with Crippen LogP contribution >= 0.6 is 0 Å². The standard InChI is InChI=1S/C19H20O/c1-15(2)13-14-18(16-9-5-3-6-10-16)19(20)17-11-7-4-8-12-17/h3-12,18H,1,13-14H2,2H3. The molecule has 1 heteroatoms. The first-order chi connectivity index (χ1) is 9.68. The number of allylic oxidation sites excluding steroid dienone is 1. The summed E-state index contributed by atoms with van der Waals surface area (Å²) in [5.74, 6) is 0.105. The molecule has 20 heavy (non-hydrogen) atoms. The van der Waals surface area contributed by atoms with E-state index in [1.807, 2.05) is 67.6 Å². The second-order valence-corrected chi connectivity index (χ2v) is 5.19. The van der Waals surface area contributed by atoms with Gasteiger partial charge in [0.05, 0.1) is 0 Å². The first kappa shape index (κ1) is 14.3. The number of carbonyl (C=O) groups excluding carboxylic acids is 1. The predicted octanol–water partition coefficient (Wildman–Crippen LogP) is 5.01. The van der Waals surface area contributed by atoms with Gasteiger partial charge in [-0.1, -0.05) is 66.2 Å². The monoisotopic (exact) mass is 264 g/mol. The van der Waals surface area contributed by atoms with Crippen molar-refractivity contribution in [3.05, 3.63) is 83.9 Å². The van der Waals surface area contributed by atoms with Crippen LogP contribution in [0.15, 0.2) is 72.8 Å². The highest BCUT2D eigenvalue weighted by atomic mass is 16.1. The smallest absolute Gasteiger partial charge is 0.170 e. The van der Waals surface area contributed by atoms with Crippen LogP contribution in [0.3, 0.4) is 0 Å². The van der Waals surface area contributed by atoms with Crippen LogP contribution in [0.4, 0.5) is 0 Å². The Bertz CT molecular complexity index is 569. The summed E-state index contributed by atoms with van der Waals surface area (Å²) < 4.78 is 0. The van der Waals surface area contributed by atoms with Gasteiger partial charge in [-0.25, -0.2) is 0 Å². The number of benzene rings is 2. The molecule has 0 aromatic heterocycles.